The molecule has 1 atom stereocenters. The number of carbonyl (C=O) groups is 1. The minimum absolute atomic E-state index is 0.0294. The highest BCUT2D eigenvalue weighted by atomic mass is 127. The van der Waals surface area contributed by atoms with Gasteiger partial charge in [0.05, 0.1) is 11.2 Å². The van der Waals surface area contributed by atoms with Crippen LogP contribution in [0.4, 0.5) is 0 Å². The third-order valence-electron chi connectivity index (χ3n) is 3.50. The Labute approximate surface area is 119 Å². The van der Waals surface area contributed by atoms with Crippen molar-refractivity contribution in [1.29, 1.82) is 0 Å². The van der Waals surface area contributed by atoms with E-state index in [1.165, 1.54) is 0 Å². The van der Waals surface area contributed by atoms with Crippen LogP contribution in [0.5, 0.6) is 0 Å². The van der Waals surface area contributed by atoms with E-state index in [2.05, 4.69) is 27.7 Å². The average Bonchev–Trinajstić information content (AvgIpc) is 2.81. The smallest absolute Gasteiger partial charge is 0.197 e. The Morgan fingerprint density at radius 1 is 1.29 bits per heavy atom. The van der Waals surface area contributed by atoms with Crippen molar-refractivity contribution in [3.05, 3.63) is 0 Å². The molecule has 2 nitrogen and oxygen atoms in total. The zero-order chi connectivity index (χ0) is 13.5. The summed E-state index contributed by atoms with van der Waals surface area (Å²) in [7, 11) is 0. The molecule has 17 heavy (non-hydrogen) atoms. The molecule has 1 unspecified atom stereocenters. The Balaban J connectivity index is 2.65. The van der Waals surface area contributed by atoms with Gasteiger partial charge in [0.1, 0.15) is 0 Å². The monoisotopic (exact) mass is 352 g/mol. The molecule has 1 aliphatic rings. The molecule has 0 amide bonds. The van der Waals surface area contributed by atoms with Crippen molar-refractivity contribution in [2.45, 2.75) is 72.0 Å². The second kappa shape index (κ2) is 4.80. The van der Waals surface area contributed by atoms with Crippen molar-refractivity contribution in [2.24, 2.45) is 11.3 Å². The van der Waals surface area contributed by atoms with Gasteiger partial charge in [-0.3, -0.25) is 4.79 Å². The zero-order valence-electron chi connectivity index (χ0n) is 11.9. The molecule has 1 saturated carbocycles. The number of halogens is 1. The fourth-order valence-corrected chi connectivity index (χ4v) is 2.68. The Hall–Kier alpha value is 0.360. The first-order chi connectivity index (χ1) is 7.49. The van der Waals surface area contributed by atoms with E-state index in [-0.39, 0.29) is 20.4 Å². The first-order valence-corrected chi connectivity index (χ1v) is 7.47. The summed E-state index contributed by atoms with van der Waals surface area (Å²) in [6.45, 7) is 12.6. The first-order valence-electron chi connectivity index (χ1n) is 6.39. The zero-order valence-corrected chi connectivity index (χ0v) is 14.1. The Kier molecular flexibility index (Phi) is 4.35. The van der Waals surface area contributed by atoms with Gasteiger partial charge in [0.25, 0.3) is 0 Å². The average molecular weight is 352 g/mol. The van der Waals surface area contributed by atoms with Gasteiger partial charge in [0.2, 0.25) is 0 Å². The van der Waals surface area contributed by atoms with E-state index in [1.807, 2.05) is 36.4 Å². The molecule has 0 radical (unpaired) electrons. The molecule has 0 saturated heterocycles. The highest BCUT2D eigenvalue weighted by Gasteiger charge is 2.52. The van der Waals surface area contributed by atoms with Crippen LogP contribution in [-0.2, 0) is 9.53 Å². The van der Waals surface area contributed by atoms with Crippen LogP contribution < -0.4 is 0 Å². The van der Waals surface area contributed by atoms with Gasteiger partial charge < -0.3 is 4.74 Å². The molecule has 0 spiro atoms. The Morgan fingerprint density at radius 3 is 2.06 bits per heavy atom. The van der Waals surface area contributed by atoms with Gasteiger partial charge in [-0.05, 0) is 46.0 Å². The number of hydrogen-bond acceptors (Lipinski definition) is 2. The van der Waals surface area contributed by atoms with Crippen LogP contribution in [0.3, 0.4) is 0 Å². The highest BCUT2D eigenvalue weighted by molar-refractivity contribution is 14.1. The molecule has 1 rings (SSSR count). The highest BCUT2D eigenvalue weighted by Crippen LogP contribution is 2.51. The van der Waals surface area contributed by atoms with Gasteiger partial charge in [0.15, 0.2) is 3.79 Å². The molecule has 0 aromatic rings. The summed E-state index contributed by atoms with van der Waals surface area (Å²) >= 11 is 1.92. The van der Waals surface area contributed by atoms with Crippen LogP contribution in [0, 0.1) is 11.3 Å². The lowest BCUT2D eigenvalue weighted by Crippen LogP contribution is -2.36. The summed E-state index contributed by atoms with van der Waals surface area (Å²) < 4.78 is 6.45. The van der Waals surface area contributed by atoms with Crippen molar-refractivity contribution in [3.8, 4) is 0 Å². The molecule has 0 N–H and O–H groups in total. The van der Waals surface area contributed by atoms with E-state index in [0.29, 0.717) is 5.92 Å². The lowest BCUT2D eigenvalue weighted by atomic mass is 9.81. The van der Waals surface area contributed by atoms with Crippen LogP contribution in [0.1, 0.15) is 60.8 Å². The summed E-state index contributed by atoms with van der Waals surface area (Å²) in [6.07, 6.45) is 3.18. The van der Waals surface area contributed by atoms with Crippen molar-refractivity contribution in [3.63, 3.8) is 0 Å². The van der Waals surface area contributed by atoms with Crippen LogP contribution in [-0.4, -0.2) is 15.0 Å². The van der Waals surface area contributed by atoms with Crippen LogP contribution >= 0.6 is 22.6 Å². The maximum absolute atomic E-state index is 11.6. The van der Waals surface area contributed by atoms with Crippen molar-refractivity contribution < 1.29 is 9.53 Å². The molecule has 0 aromatic carbocycles. The second-order valence-corrected chi connectivity index (χ2v) is 8.02. The van der Waals surface area contributed by atoms with E-state index in [1.54, 1.807) is 0 Å². The minimum Gasteiger partial charge on any atom is -0.369 e. The van der Waals surface area contributed by atoms with Gasteiger partial charge in [0, 0.05) is 28.0 Å². The summed E-state index contributed by atoms with van der Waals surface area (Å²) in [5, 5.41) is 0. The fourth-order valence-electron chi connectivity index (χ4n) is 2.46. The van der Waals surface area contributed by atoms with Crippen molar-refractivity contribution in [2.75, 3.05) is 0 Å². The second-order valence-electron chi connectivity index (χ2n) is 7.04. The van der Waals surface area contributed by atoms with Crippen molar-refractivity contribution >= 4 is 26.4 Å². The SMILES string of the molecule is CC(CC(C)(C)C(=O)I)C1(OC(C)(C)C)CC1. The third-order valence-corrected chi connectivity index (χ3v) is 4.96. The number of rotatable bonds is 5. The molecule has 3 heteroatoms. The number of ether oxygens (including phenoxy) is 1. The largest absolute Gasteiger partial charge is 0.369 e. The molecule has 0 bridgehead atoms. The molecular weight excluding hydrogens is 327 g/mol. The fraction of sp³-hybridized carbons (Fsp3) is 0.929. The van der Waals surface area contributed by atoms with Gasteiger partial charge in [-0.1, -0.05) is 20.8 Å². The lowest BCUT2D eigenvalue weighted by molar-refractivity contribution is -0.122. The predicted octanol–water partition coefficient (Wildman–Crippen LogP) is 4.35. The van der Waals surface area contributed by atoms with Crippen molar-refractivity contribution in [1.82, 2.24) is 0 Å². The lowest BCUT2D eigenvalue weighted by Gasteiger charge is -2.35. The van der Waals surface area contributed by atoms with Crippen LogP contribution in [0.2, 0.25) is 0 Å². The molecule has 0 heterocycles. The van der Waals surface area contributed by atoms with E-state index in [9.17, 15) is 4.79 Å². The third kappa shape index (κ3) is 4.19. The first kappa shape index (κ1) is 15.4. The Morgan fingerprint density at radius 2 is 1.76 bits per heavy atom. The van der Waals surface area contributed by atoms with Gasteiger partial charge >= 0.3 is 0 Å². The molecule has 1 aliphatic carbocycles. The number of hydrogen-bond donors (Lipinski definition) is 0. The van der Waals surface area contributed by atoms with Crippen LogP contribution in [0.15, 0.2) is 0 Å². The number of carbonyl (C=O) groups excluding carboxylic acids is 1. The normalized spacial score (nSPS) is 21.1. The molecule has 100 valence electrons. The van der Waals surface area contributed by atoms with E-state index in [0.717, 1.165) is 19.3 Å². The quantitative estimate of drug-likeness (QED) is 0.543. The minimum atomic E-state index is -0.239. The summed E-state index contributed by atoms with van der Waals surface area (Å²) in [5.74, 6) is 0.440. The van der Waals surface area contributed by atoms with E-state index >= 15 is 0 Å². The summed E-state index contributed by atoms with van der Waals surface area (Å²) in [4.78, 5) is 11.6. The van der Waals surface area contributed by atoms with Gasteiger partial charge in [-0.25, -0.2) is 0 Å². The standard InChI is InChI=1S/C14H25IO2/c1-10(9-13(5,6)11(15)16)14(7-8-14)17-12(2,3)4/h10H,7-9H2,1-6H3. The van der Waals surface area contributed by atoms with E-state index in [4.69, 9.17) is 4.74 Å². The predicted molar refractivity (Wildman–Crippen MR) is 79.4 cm³/mol. The molecule has 0 aliphatic heterocycles. The molecule has 1 fully saturated rings. The topological polar surface area (TPSA) is 26.3 Å². The Bertz CT molecular complexity index is 298. The summed E-state index contributed by atoms with van der Waals surface area (Å²) in [5.41, 5.74) is -0.304. The van der Waals surface area contributed by atoms with Gasteiger partial charge in [-0.2, -0.15) is 0 Å². The maximum Gasteiger partial charge on any atom is 0.197 e. The summed E-state index contributed by atoms with van der Waals surface area (Å²) in [6, 6.07) is 0. The maximum atomic E-state index is 11.6. The molecule has 0 aromatic heterocycles. The molecular formula is C14H25IO2. The van der Waals surface area contributed by atoms with E-state index < -0.39 is 0 Å². The van der Waals surface area contributed by atoms with Gasteiger partial charge in [-0.15, -0.1) is 0 Å². The van der Waals surface area contributed by atoms with Crippen LogP contribution in [0.25, 0.3) is 0 Å².